The number of hydrogen-bond donors (Lipinski definition) is 1. The van der Waals surface area contributed by atoms with E-state index in [9.17, 15) is 13.2 Å². The fourth-order valence-electron chi connectivity index (χ4n) is 3.65. The number of ether oxygens (including phenoxy) is 1. The number of halogens is 4. The van der Waals surface area contributed by atoms with Crippen LogP contribution in [0, 0.1) is 0 Å². The summed E-state index contributed by atoms with van der Waals surface area (Å²) in [6.45, 7) is 0.447. The standard InChI is InChI=1S/C21H22ClF3N2OS/c1-28-19-9-5-2-6-14(19)13-27(16-7-3-4-8-16)20(29)26-18-12-15(22)10-11-17(18)21(23,24)25/h2,5-6,9-12,16H,3-4,7-8,13H2,1H3,(H,26,29). The molecule has 2 aromatic rings. The van der Waals surface area contributed by atoms with Crippen LogP contribution in [0.1, 0.15) is 36.8 Å². The Bertz CT molecular complexity index is 869. The average Bonchev–Trinajstić information content (AvgIpc) is 3.19. The van der Waals surface area contributed by atoms with E-state index in [0.29, 0.717) is 6.54 Å². The molecule has 29 heavy (non-hydrogen) atoms. The Morgan fingerprint density at radius 3 is 2.55 bits per heavy atom. The van der Waals surface area contributed by atoms with Crippen LogP contribution >= 0.6 is 23.8 Å². The van der Waals surface area contributed by atoms with Gasteiger partial charge in [0, 0.05) is 23.2 Å². The summed E-state index contributed by atoms with van der Waals surface area (Å²) < 4.78 is 45.7. The van der Waals surface area contributed by atoms with Crippen LogP contribution in [0.2, 0.25) is 5.02 Å². The lowest BCUT2D eigenvalue weighted by molar-refractivity contribution is -0.136. The Labute approximate surface area is 178 Å². The molecule has 1 fully saturated rings. The third-order valence-electron chi connectivity index (χ3n) is 5.09. The van der Waals surface area contributed by atoms with Crippen molar-refractivity contribution in [1.82, 2.24) is 4.90 Å². The summed E-state index contributed by atoms with van der Waals surface area (Å²) in [4.78, 5) is 1.96. The number of hydrogen-bond acceptors (Lipinski definition) is 2. The minimum absolute atomic E-state index is 0.141. The lowest BCUT2D eigenvalue weighted by Crippen LogP contribution is -2.41. The second-order valence-corrected chi connectivity index (χ2v) is 7.82. The van der Waals surface area contributed by atoms with Crippen LogP contribution < -0.4 is 10.1 Å². The monoisotopic (exact) mass is 442 g/mol. The van der Waals surface area contributed by atoms with E-state index in [0.717, 1.165) is 43.1 Å². The highest BCUT2D eigenvalue weighted by Crippen LogP contribution is 2.37. The number of thiocarbonyl (C=S) groups is 1. The number of rotatable bonds is 5. The highest BCUT2D eigenvalue weighted by Gasteiger charge is 2.34. The molecule has 0 bridgehead atoms. The minimum Gasteiger partial charge on any atom is -0.496 e. The highest BCUT2D eigenvalue weighted by atomic mass is 35.5. The first-order valence-electron chi connectivity index (χ1n) is 9.36. The maximum absolute atomic E-state index is 13.4. The average molecular weight is 443 g/mol. The molecule has 0 amide bonds. The van der Waals surface area contributed by atoms with Gasteiger partial charge in [0.25, 0.3) is 0 Å². The van der Waals surface area contributed by atoms with Crippen molar-refractivity contribution < 1.29 is 17.9 Å². The highest BCUT2D eigenvalue weighted by molar-refractivity contribution is 7.80. The van der Waals surface area contributed by atoms with Gasteiger partial charge in [0.2, 0.25) is 0 Å². The number of alkyl halides is 3. The van der Waals surface area contributed by atoms with Crippen molar-refractivity contribution in [2.24, 2.45) is 0 Å². The Hall–Kier alpha value is -1.99. The maximum Gasteiger partial charge on any atom is 0.418 e. The second-order valence-electron chi connectivity index (χ2n) is 7.00. The van der Waals surface area contributed by atoms with E-state index in [4.69, 9.17) is 28.6 Å². The molecule has 0 radical (unpaired) electrons. The van der Waals surface area contributed by atoms with Crippen LogP contribution in [0.15, 0.2) is 42.5 Å². The molecule has 0 unspecified atom stereocenters. The summed E-state index contributed by atoms with van der Waals surface area (Å²) >= 11 is 11.5. The van der Waals surface area contributed by atoms with Crippen molar-refractivity contribution in [1.29, 1.82) is 0 Å². The van der Waals surface area contributed by atoms with Crippen LogP contribution in [-0.4, -0.2) is 23.2 Å². The van der Waals surface area contributed by atoms with Gasteiger partial charge >= 0.3 is 6.18 Å². The molecule has 0 saturated heterocycles. The van der Waals surface area contributed by atoms with Crippen molar-refractivity contribution in [3.05, 3.63) is 58.6 Å². The van der Waals surface area contributed by atoms with E-state index in [1.165, 1.54) is 12.1 Å². The number of para-hydroxylation sites is 1. The number of nitrogens with zero attached hydrogens (tertiary/aromatic N) is 1. The molecule has 1 aliphatic rings. The Kier molecular flexibility index (Phi) is 6.90. The first-order chi connectivity index (χ1) is 13.8. The molecule has 0 atom stereocenters. The SMILES string of the molecule is COc1ccccc1CN(C(=S)Nc1cc(Cl)ccc1C(F)(F)F)C1CCCC1. The summed E-state index contributed by atoms with van der Waals surface area (Å²) in [5.41, 5.74) is -0.0147. The predicted octanol–water partition coefficient (Wildman–Crippen LogP) is 6.51. The molecular formula is C21H22ClF3N2OS. The molecule has 156 valence electrons. The molecule has 3 nitrogen and oxygen atoms in total. The molecule has 0 aliphatic heterocycles. The van der Waals surface area contributed by atoms with Crippen molar-refractivity contribution >= 4 is 34.6 Å². The first kappa shape index (κ1) is 21.7. The smallest absolute Gasteiger partial charge is 0.418 e. The molecule has 1 aliphatic carbocycles. The van der Waals surface area contributed by atoms with Gasteiger partial charge in [-0.1, -0.05) is 42.6 Å². The molecule has 0 heterocycles. The molecule has 0 aromatic heterocycles. The summed E-state index contributed by atoms with van der Waals surface area (Å²) in [6, 6.07) is 11.2. The van der Waals surface area contributed by atoms with Crippen molar-refractivity contribution in [2.45, 2.75) is 44.4 Å². The summed E-state index contributed by atoms with van der Waals surface area (Å²) in [7, 11) is 1.59. The largest absolute Gasteiger partial charge is 0.496 e. The van der Waals surface area contributed by atoms with Crippen molar-refractivity contribution in [3.63, 3.8) is 0 Å². The third-order valence-corrected chi connectivity index (χ3v) is 5.66. The second kappa shape index (κ2) is 9.22. The van der Waals surface area contributed by atoms with Crippen LogP contribution in [0.4, 0.5) is 18.9 Å². The van der Waals surface area contributed by atoms with E-state index < -0.39 is 11.7 Å². The number of methoxy groups -OCH3 is 1. The molecular weight excluding hydrogens is 421 g/mol. The van der Waals surface area contributed by atoms with E-state index in [2.05, 4.69) is 5.32 Å². The van der Waals surface area contributed by atoms with E-state index in [1.54, 1.807) is 7.11 Å². The van der Waals surface area contributed by atoms with Gasteiger partial charge in [0.15, 0.2) is 5.11 Å². The quantitative estimate of drug-likeness (QED) is 0.533. The van der Waals surface area contributed by atoms with Gasteiger partial charge in [0.05, 0.1) is 18.4 Å². The minimum atomic E-state index is -4.51. The topological polar surface area (TPSA) is 24.5 Å². The van der Waals surface area contributed by atoms with Gasteiger partial charge < -0.3 is 15.0 Å². The Morgan fingerprint density at radius 1 is 1.21 bits per heavy atom. The van der Waals surface area contributed by atoms with Gasteiger partial charge in [-0.2, -0.15) is 13.2 Å². The molecule has 1 N–H and O–H groups in total. The fraction of sp³-hybridized carbons (Fsp3) is 0.381. The van der Waals surface area contributed by atoms with Gasteiger partial charge in [-0.05, 0) is 49.3 Å². The van der Waals surface area contributed by atoms with Gasteiger partial charge in [-0.15, -0.1) is 0 Å². The molecule has 0 spiro atoms. The van der Waals surface area contributed by atoms with Gasteiger partial charge in [-0.3, -0.25) is 0 Å². The zero-order valence-corrected chi connectivity index (χ0v) is 17.5. The zero-order chi connectivity index (χ0) is 21.0. The third kappa shape index (κ3) is 5.34. The van der Waals surface area contributed by atoms with Crippen LogP contribution in [-0.2, 0) is 12.7 Å². The van der Waals surface area contributed by atoms with Crippen molar-refractivity contribution in [3.8, 4) is 5.75 Å². The Morgan fingerprint density at radius 2 is 1.90 bits per heavy atom. The van der Waals surface area contributed by atoms with Crippen LogP contribution in [0.3, 0.4) is 0 Å². The predicted molar refractivity (Wildman–Crippen MR) is 113 cm³/mol. The number of anilines is 1. The Balaban J connectivity index is 1.89. The normalized spacial score (nSPS) is 14.7. The van der Waals surface area contributed by atoms with E-state index in [-0.39, 0.29) is 21.9 Å². The fourth-order valence-corrected chi connectivity index (χ4v) is 4.15. The molecule has 8 heteroatoms. The van der Waals surface area contributed by atoms with E-state index in [1.807, 2.05) is 29.2 Å². The summed E-state index contributed by atoms with van der Waals surface area (Å²) in [5, 5.41) is 3.26. The van der Waals surface area contributed by atoms with Crippen LogP contribution in [0.25, 0.3) is 0 Å². The lowest BCUT2D eigenvalue weighted by atomic mass is 10.1. The lowest BCUT2D eigenvalue weighted by Gasteiger charge is -2.32. The first-order valence-corrected chi connectivity index (χ1v) is 10.1. The summed E-state index contributed by atoms with van der Waals surface area (Å²) in [5.74, 6) is 0.719. The maximum atomic E-state index is 13.4. The zero-order valence-electron chi connectivity index (χ0n) is 15.9. The van der Waals surface area contributed by atoms with Crippen molar-refractivity contribution in [2.75, 3.05) is 12.4 Å². The summed E-state index contributed by atoms with van der Waals surface area (Å²) in [6.07, 6.45) is -0.484. The van der Waals surface area contributed by atoms with E-state index >= 15 is 0 Å². The molecule has 3 rings (SSSR count). The molecule has 1 saturated carbocycles. The van der Waals surface area contributed by atoms with Gasteiger partial charge in [-0.25, -0.2) is 0 Å². The van der Waals surface area contributed by atoms with Crippen LogP contribution in [0.5, 0.6) is 5.75 Å². The van der Waals surface area contributed by atoms with Gasteiger partial charge in [0.1, 0.15) is 5.75 Å². The molecule has 2 aromatic carbocycles. The number of benzene rings is 2. The number of nitrogens with one attached hydrogen (secondary N) is 1.